The zero-order chi connectivity index (χ0) is 20.2. The van der Waals surface area contributed by atoms with Crippen LogP contribution < -0.4 is 4.74 Å². The number of H-pyrrole nitrogens is 1. The molecule has 3 aromatic carbocycles. The number of ether oxygens (including phenoxy) is 1. The van der Waals surface area contributed by atoms with Gasteiger partial charge in [0.1, 0.15) is 35.9 Å². The third-order valence-electron chi connectivity index (χ3n) is 4.33. The van der Waals surface area contributed by atoms with E-state index >= 15 is 0 Å². The van der Waals surface area contributed by atoms with Crippen molar-refractivity contribution < 1.29 is 13.5 Å². The van der Waals surface area contributed by atoms with Crippen LogP contribution in [-0.2, 0) is 6.61 Å². The Balaban J connectivity index is 1.50. The number of fused-ring (bicyclic) bond motifs is 1. The standard InChI is InChI=1S/C23H15F2N3O/c24-18-5-1-16(2-6-18)14-29-20-8-3-15(4-9-20)11-17(13-26)23-27-21-10-7-19(25)12-22(21)28-23/h1-12H,14H2,(H,27,28)/b17-11-. The molecule has 29 heavy (non-hydrogen) atoms. The number of benzene rings is 3. The molecule has 142 valence electrons. The lowest BCUT2D eigenvalue weighted by molar-refractivity contribution is 0.306. The summed E-state index contributed by atoms with van der Waals surface area (Å²) in [5.41, 5.74) is 3.12. The van der Waals surface area contributed by atoms with Gasteiger partial charge in [0.2, 0.25) is 0 Å². The smallest absolute Gasteiger partial charge is 0.149 e. The van der Waals surface area contributed by atoms with Crippen molar-refractivity contribution in [2.75, 3.05) is 0 Å². The topological polar surface area (TPSA) is 61.7 Å². The summed E-state index contributed by atoms with van der Waals surface area (Å²) in [6, 6.07) is 19.7. The molecule has 0 fully saturated rings. The molecule has 0 aliphatic rings. The highest BCUT2D eigenvalue weighted by molar-refractivity contribution is 5.90. The molecule has 6 heteroatoms. The number of hydrogen-bond donors (Lipinski definition) is 1. The van der Waals surface area contributed by atoms with Crippen LogP contribution in [0, 0.1) is 23.0 Å². The molecule has 0 saturated carbocycles. The highest BCUT2D eigenvalue weighted by Crippen LogP contribution is 2.21. The van der Waals surface area contributed by atoms with Gasteiger partial charge in [-0.25, -0.2) is 13.8 Å². The third-order valence-corrected chi connectivity index (χ3v) is 4.33. The van der Waals surface area contributed by atoms with Crippen molar-refractivity contribution in [1.82, 2.24) is 9.97 Å². The second kappa shape index (κ2) is 7.95. The monoisotopic (exact) mass is 387 g/mol. The zero-order valence-electron chi connectivity index (χ0n) is 15.2. The maximum atomic E-state index is 13.3. The summed E-state index contributed by atoms with van der Waals surface area (Å²) < 4.78 is 32.0. The van der Waals surface area contributed by atoms with Crippen LogP contribution in [0.1, 0.15) is 17.0 Å². The van der Waals surface area contributed by atoms with Crippen LogP contribution in [0.2, 0.25) is 0 Å². The molecule has 1 heterocycles. The van der Waals surface area contributed by atoms with Gasteiger partial charge in [-0.3, -0.25) is 0 Å². The molecule has 4 aromatic rings. The molecule has 4 rings (SSSR count). The molecule has 0 bridgehead atoms. The lowest BCUT2D eigenvalue weighted by Gasteiger charge is -2.06. The molecule has 0 unspecified atom stereocenters. The largest absolute Gasteiger partial charge is 0.489 e. The normalized spacial score (nSPS) is 11.4. The van der Waals surface area contributed by atoms with Crippen LogP contribution in [0.15, 0.2) is 66.7 Å². The van der Waals surface area contributed by atoms with Crippen molar-refractivity contribution >= 4 is 22.7 Å². The fourth-order valence-corrected chi connectivity index (χ4v) is 2.84. The van der Waals surface area contributed by atoms with Crippen LogP contribution in [0.4, 0.5) is 8.78 Å². The fourth-order valence-electron chi connectivity index (χ4n) is 2.84. The first-order valence-corrected chi connectivity index (χ1v) is 8.85. The van der Waals surface area contributed by atoms with E-state index in [9.17, 15) is 14.0 Å². The minimum absolute atomic E-state index is 0.284. The molecule has 0 aliphatic carbocycles. The molecule has 0 saturated heterocycles. The predicted molar refractivity (Wildman–Crippen MR) is 107 cm³/mol. The molecule has 1 aromatic heterocycles. The van der Waals surface area contributed by atoms with E-state index in [1.54, 1.807) is 36.4 Å². The number of rotatable bonds is 5. The molecular formula is C23H15F2N3O. The molecule has 0 radical (unpaired) electrons. The average molecular weight is 387 g/mol. The van der Waals surface area contributed by atoms with Gasteiger partial charge in [0.15, 0.2) is 0 Å². The maximum absolute atomic E-state index is 13.3. The Labute approximate surface area is 165 Å². The van der Waals surface area contributed by atoms with Gasteiger partial charge in [-0.1, -0.05) is 24.3 Å². The summed E-state index contributed by atoms with van der Waals surface area (Å²) in [6.07, 6.45) is 1.69. The summed E-state index contributed by atoms with van der Waals surface area (Å²) in [4.78, 5) is 7.31. The molecule has 0 atom stereocenters. The number of aromatic nitrogens is 2. The first-order chi connectivity index (χ1) is 14.1. The Bertz CT molecular complexity index is 1220. The molecule has 0 spiro atoms. The van der Waals surface area contributed by atoms with Crippen LogP contribution >= 0.6 is 0 Å². The van der Waals surface area contributed by atoms with Gasteiger partial charge >= 0.3 is 0 Å². The van der Waals surface area contributed by atoms with E-state index in [2.05, 4.69) is 16.0 Å². The second-order valence-electron chi connectivity index (χ2n) is 6.40. The first-order valence-electron chi connectivity index (χ1n) is 8.85. The zero-order valence-corrected chi connectivity index (χ0v) is 15.2. The molecule has 1 N–H and O–H groups in total. The number of nitrogens with one attached hydrogen (secondary N) is 1. The summed E-state index contributed by atoms with van der Waals surface area (Å²) in [5, 5.41) is 9.50. The third kappa shape index (κ3) is 4.30. The number of imidazole rings is 1. The van der Waals surface area contributed by atoms with E-state index in [1.165, 1.54) is 24.3 Å². The van der Waals surface area contributed by atoms with Crippen molar-refractivity contribution in [3.63, 3.8) is 0 Å². The fraction of sp³-hybridized carbons (Fsp3) is 0.0435. The lowest BCUT2D eigenvalue weighted by atomic mass is 10.1. The highest BCUT2D eigenvalue weighted by Gasteiger charge is 2.09. The van der Waals surface area contributed by atoms with Gasteiger partial charge in [0, 0.05) is 0 Å². The van der Waals surface area contributed by atoms with E-state index in [0.29, 0.717) is 34.8 Å². The second-order valence-corrected chi connectivity index (χ2v) is 6.40. The van der Waals surface area contributed by atoms with Gasteiger partial charge < -0.3 is 9.72 Å². The number of nitriles is 1. The number of allylic oxidation sites excluding steroid dienone is 1. The van der Waals surface area contributed by atoms with E-state index in [0.717, 1.165) is 11.1 Å². The summed E-state index contributed by atoms with van der Waals surface area (Å²) >= 11 is 0. The van der Waals surface area contributed by atoms with Crippen molar-refractivity contribution in [2.24, 2.45) is 0 Å². The Hall–Kier alpha value is -3.98. The Morgan fingerprint density at radius 3 is 2.45 bits per heavy atom. The van der Waals surface area contributed by atoms with Crippen molar-refractivity contribution in [3.05, 3.63) is 95.3 Å². The summed E-state index contributed by atoms with van der Waals surface area (Å²) in [5.74, 6) is 0.383. The maximum Gasteiger partial charge on any atom is 0.149 e. The van der Waals surface area contributed by atoms with Crippen LogP contribution in [0.3, 0.4) is 0 Å². The van der Waals surface area contributed by atoms with E-state index in [-0.39, 0.29) is 11.6 Å². The van der Waals surface area contributed by atoms with Crippen LogP contribution in [-0.4, -0.2) is 9.97 Å². The number of aromatic amines is 1. The minimum atomic E-state index is -0.369. The van der Waals surface area contributed by atoms with Crippen molar-refractivity contribution in [1.29, 1.82) is 5.26 Å². The SMILES string of the molecule is N#C/C(=C/c1ccc(OCc2ccc(F)cc2)cc1)c1nc2ccc(F)cc2[nH]1. The Kier molecular flexibility index (Phi) is 5.04. The summed E-state index contributed by atoms with van der Waals surface area (Å²) in [7, 11) is 0. The van der Waals surface area contributed by atoms with Gasteiger partial charge in [0.05, 0.1) is 16.6 Å². The summed E-state index contributed by atoms with van der Waals surface area (Å²) in [6.45, 7) is 0.328. The van der Waals surface area contributed by atoms with Crippen molar-refractivity contribution in [3.8, 4) is 11.8 Å². The van der Waals surface area contributed by atoms with Crippen LogP contribution in [0.5, 0.6) is 5.75 Å². The first kappa shape index (κ1) is 18.4. The quantitative estimate of drug-likeness (QED) is 0.461. The van der Waals surface area contributed by atoms with Gasteiger partial charge in [-0.2, -0.15) is 5.26 Å². The molecule has 0 amide bonds. The number of halogens is 2. The van der Waals surface area contributed by atoms with E-state index in [1.807, 2.05) is 12.1 Å². The Morgan fingerprint density at radius 1 is 1.00 bits per heavy atom. The predicted octanol–water partition coefficient (Wildman–Crippen LogP) is 5.48. The highest BCUT2D eigenvalue weighted by atomic mass is 19.1. The van der Waals surface area contributed by atoms with E-state index < -0.39 is 0 Å². The molecular weight excluding hydrogens is 372 g/mol. The van der Waals surface area contributed by atoms with Gasteiger partial charge in [-0.15, -0.1) is 0 Å². The van der Waals surface area contributed by atoms with Crippen LogP contribution in [0.25, 0.3) is 22.7 Å². The van der Waals surface area contributed by atoms with Crippen molar-refractivity contribution in [2.45, 2.75) is 6.61 Å². The Morgan fingerprint density at radius 2 is 1.72 bits per heavy atom. The van der Waals surface area contributed by atoms with E-state index in [4.69, 9.17) is 4.74 Å². The molecule has 0 aliphatic heterocycles. The lowest BCUT2D eigenvalue weighted by Crippen LogP contribution is -1.95. The minimum Gasteiger partial charge on any atom is -0.489 e. The van der Waals surface area contributed by atoms with Gasteiger partial charge in [0.25, 0.3) is 0 Å². The molecule has 4 nitrogen and oxygen atoms in total. The number of nitrogens with zero attached hydrogens (tertiary/aromatic N) is 2. The van der Waals surface area contributed by atoms with Gasteiger partial charge in [-0.05, 0) is 59.7 Å². The average Bonchev–Trinajstić information content (AvgIpc) is 3.15. The number of hydrogen-bond acceptors (Lipinski definition) is 3.